The number of rotatable bonds is 1. The fraction of sp³-hybridized carbons (Fsp3) is 0.565. The molecule has 23 heavy (non-hydrogen) atoms. The zero-order valence-electron chi connectivity index (χ0n) is 15.8. The molecule has 0 nitrogen and oxygen atoms in total. The SMILES string of the molecule is CC1CCCC2=CC=C1CC2.CCc1ccc(C(C)(C)C)cc1. The Hall–Kier alpha value is -1.30. The molecule has 1 atom stereocenters. The van der Waals surface area contributed by atoms with Crippen LogP contribution in [0.25, 0.3) is 0 Å². The molecule has 1 saturated carbocycles. The third-order valence-electron chi connectivity index (χ3n) is 5.26. The van der Waals surface area contributed by atoms with Crippen molar-refractivity contribution in [1.29, 1.82) is 0 Å². The molecule has 1 fully saturated rings. The molecule has 0 spiro atoms. The fourth-order valence-electron chi connectivity index (χ4n) is 3.38. The maximum absolute atomic E-state index is 2.37. The van der Waals surface area contributed by atoms with Gasteiger partial charge in [-0.3, -0.25) is 0 Å². The highest BCUT2D eigenvalue weighted by Crippen LogP contribution is 2.32. The van der Waals surface area contributed by atoms with Crippen molar-refractivity contribution in [2.24, 2.45) is 5.92 Å². The van der Waals surface area contributed by atoms with Gasteiger partial charge in [0.15, 0.2) is 0 Å². The smallest absolute Gasteiger partial charge is 0.0132 e. The second-order valence-corrected chi connectivity index (χ2v) is 8.16. The standard InChI is InChI=1S/C12H18.C11H16/c1-5-10-6-8-11(9-7-10)12(2,3)4;1-9-3-2-4-10-5-7-11(9)8-6-10/h6-9H,5H2,1-4H3;5,7,9H,2-4,6,8H2,1H3. The van der Waals surface area contributed by atoms with Crippen LogP contribution >= 0.6 is 0 Å². The molecule has 0 heterocycles. The summed E-state index contributed by atoms with van der Waals surface area (Å²) in [6, 6.07) is 8.92. The van der Waals surface area contributed by atoms with Gasteiger partial charge < -0.3 is 0 Å². The van der Waals surface area contributed by atoms with Gasteiger partial charge in [-0.1, -0.05) is 82.2 Å². The minimum Gasteiger partial charge on any atom is -0.0699 e. The molecular weight excluding hydrogens is 276 g/mol. The van der Waals surface area contributed by atoms with Gasteiger partial charge in [-0.25, -0.2) is 0 Å². The van der Waals surface area contributed by atoms with Crippen molar-refractivity contribution >= 4 is 0 Å². The molecule has 1 aromatic carbocycles. The minimum absolute atomic E-state index is 0.284. The van der Waals surface area contributed by atoms with Crippen molar-refractivity contribution in [2.45, 2.75) is 78.6 Å². The molecule has 2 bridgehead atoms. The van der Waals surface area contributed by atoms with Gasteiger partial charge in [0.25, 0.3) is 0 Å². The summed E-state index contributed by atoms with van der Waals surface area (Å²) >= 11 is 0. The van der Waals surface area contributed by atoms with Crippen molar-refractivity contribution in [3.8, 4) is 0 Å². The zero-order valence-corrected chi connectivity index (χ0v) is 15.8. The van der Waals surface area contributed by atoms with Gasteiger partial charge in [-0.05, 0) is 61.0 Å². The second kappa shape index (κ2) is 7.99. The predicted molar refractivity (Wildman–Crippen MR) is 103 cm³/mol. The predicted octanol–water partition coefficient (Wildman–Crippen LogP) is 7.00. The average molecular weight is 311 g/mol. The van der Waals surface area contributed by atoms with E-state index in [0.717, 1.165) is 12.3 Å². The van der Waals surface area contributed by atoms with Crippen molar-refractivity contribution in [3.05, 3.63) is 58.7 Å². The molecule has 1 aromatic rings. The molecular formula is C23H34. The van der Waals surface area contributed by atoms with E-state index in [0.29, 0.717) is 0 Å². The first-order valence-electron chi connectivity index (χ1n) is 9.38. The molecule has 0 aliphatic heterocycles. The van der Waals surface area contributed by atoms with Crippen LogP contribution in [-0.4, -0.2) is 0 Å². The van der Waals surface area contributed by atoms with E-state index in [1.165, 1.54) is 43.2 Å². The van der Waals surface area contributed by atoms with Crippen LogP contribution in [0.4, 0.5) is 0 Å². The van der Waals surface area contributed by atoms with Crippen LogP contribution in [0.1, 0.15) is 77.8 Å². The van der Waals surface area contributed by atoms with Gasteiger partial charge in [-0.15, -0.1) is 0 Å². The Morgan fingerprint density at radius 3 is 2.17 bits per heavy atom. The van der Waals surface area contributed by atoms with Gasteiger partial charge >= 0.3 is 0 Å². The van der Waals surface area contributed by atoms with Crippen LogP contribution in [-0.2, 0) is 11.8 Å². The number of aryl methyl sites for hydroxylation is 1. The summed E-state index contributed by atoms with van der Waals surface area (Å²) in [5.74, 6) is 0.855. The van der Waals surface area contributed by atoms with Gasteiger partial charge in [0.1, 0.15) is 0 Å². The topological polar surface area (TPSA) is 0 Å². The van der Waals surface area contributed by atoms with Crippen molar-refractivity contribution in [1.82, 2.24) is 0 Å². The molecule has 0 N–H and O–H groups in total. The summed E-state index contributed by atoms with van der Waals surface area (Å²) in [5.41, 5.74) is 6.49. The molecule has 0 aromatic heterocycles. The molecule has 3 aliphatic rings. The summed E-state index contributed by atoms with van der Waals surface area (Å²) in [4.78, 5) is 0. The quantitative estimate of drug-likeness (QED) is 0.524. The van der Waals surface area contributed by atoms with E-state index in [1.807, 2.05) is 0 Å². The van der Waals surface area contributed by atoms with Crippen LogP contribution in [0.2, 0.25) is 0 Å². The van der Waals surface area contributed by atoms with Crippen molar-refractivity contribution in [2.75, 3.05) is 0 Å². The normalized spacial score (nSPS) is 20.7. The van der Waals surface area contributed by atoms with Gasteiger partial charge in [0, 0.05) is 0 Å². The van der Waals surface area contributed by atoms with Gasteiger partial charge in [0.05, 0.1) is 0 Å². The lowest BCUT2D eigenvalue weighted by Gasteiger charge is -2.24. The molecule has 126 valence electrons. The molecule has 4 rings (SSSR count). The molecule has 1 unspecified atom stereocenters. The first kappa shape index (κ1) is 18.0. The monoisotopic (exact) mass is 310 g/mol. The Bertz CT molecular complexity index is 549. The third kappa shape index (κ3) is 5.37. The Balaban J connectivity index is 0.000000167. The lowest BCUT2D eigenvalue weighted by atomic mass is 9.82. The first-order valence-corrected chi connectivity index (χ1v) is 9.38. The van der Waals surface area contributed by atoms with Gasteiger partial charge in [0.2, 0.25) is 0 Å². The van der Waals surface area contributed by atoms with Crippen LogP contribution in [0, 0.1) is 5.92 Å². The highest BCUT2D eigenvalue weighted by molar-refractivity contribution is 5.27. The summed E-state index contributed by atoms with van der Waals surface area (Å²) in [6.07, 6.45) is 12.7. The number of benzene rings is 1. The lowest BCUT2D eigenvalue weighted by Crippen LogP contribution is -2.10. The third-order valence-corrected chi connectivity index (χ3v) is 5.26. The Morgan fingerprint density at radius 1 is 0.957 bits per heavy atom. The maximum Gasteiger partial charge on any atom is -0.0132 e. The highest BCUT2D eigenvalue weighted by Gasteiger charge is 2.15. The number of allylic oxidation sites excluding steroid dienone is 4. The summed E-state index contributed by atoms with van der Waals surface area (Å²) in [6.45, 7) is 11.3. The minimum atomic E-state index is 0.284. The van der Waals surface area contributed by atoms with E-state index in [1.54, 1.807) is 11.1 Å². The summed E-state index contributed by atoms with van der Waals surface area (Å²) in [7, 11) is 0. The Labute approximate surface area is 143 Å². The van der Waals surface area contributed by atoms with E-state index >= 15 is 0 Å². The van der Waals surface area contributed by atoms with Crippen LogP contribution < -0.4 is 0 Å². The Kier molecular flexibility index (Phi) is 6.27. The molecule has 0 saturated heterocycles. The fourth-order valence-corrected chi connectivity index (χ4v) is 3.38. The lowest BCUT2D eigenvalue weighted by molar-refractivity contribution is 0.525. The summed E-state index contributed by atoms with van der Waals surface area (Å²) in [5, 5.41) is 0. The molecule has 3 aliphatic carbocycles. The highest BCUT2D eigenvalue weighted by atomic mass is 14.2. The maximum atomic E-state index is 2.37. The van der Waals surface area contributed by atoms with E-state index in [-0.39, 0.29) is 5.41 Å². The van der Waals surface area contributed by atoms with Crippen LogP contribution in [0.15, 0.2) is 47.6 Å². The van der Waals surface area contributed by atoms with E-state index in [9.17, 15) is 0 Å². The van der Waals surface area contributed by atoms with E-state index in [2.05, 4.69) is 71.0 Å². The molecule has 0 heteroatoms. The number of hydrogen-bond acceptors (Lipinski definition) is 0. The van der Waals surface area contributed by atoms with Gasteiger partial charge in [-0.2, -0.15) is 0 Å². The van der Waals surface area contributed by atoms with Crippen LogP contribution in [0.3, 0.4) is 0 Å². The molecule has 0 amide bonds. The van der Waals surface area contributed by atoms with Crippen LogP contribution in [0.5, 0.6) is 0 Å². The Morgan fingerprint density at radius 2 is 1.65 bits per heavy atom. The summed E-state index contributed by atoms with van der Waals surface area (Å²) < 4.78 is 0. The number of hydrogen-bond donors (Lipinski definition) is 0. The van der Waals surface area contributed by atoms with E-state index in [4.69, 9.17) is 0 Å². The zero-order chi connectivity index (χ0) is 16.9. The van der Waals surface area contributed by atoms with Crippen molar-refractivity contribution < 1.29 is 0 Å². The van der Waals surface area contributed by atoms with Crippen molar-refractivity contribution in [3.63, 3.8) is 0 Å². The van der Waals surface area contributed by atoms with E-state index < -0.39 is 0 Å². The largest absolute Gasteiger partial charge is 0.0699 e. The molecule has 0 radical (unpaired) electrons. The first-order chi connectivity index (χ1) is 10.9. The average Bonchev–Trinajstić information content (AvgIpc) is 2.53. The number of fused-ring (bicyclic) bond motifs is 5. The second-order valence-electron chi connectivity index (χ2n) is 8.16.